The SMILES string of the molecule is BC1(c2ccc(F)c(Cl)c2)OC(N)=C(OS(=O)(=O)C(B)(B)c2ccccc2)C1=O. The zero-order chi connectivity index (χ0) is 21.6. The summed E-state index contributed by atoms with van der Waals surface area (Å²) in [5.74, 6) is -2.60. The Kier molecular flexibility index (Phi) is 5.25. The van der Waals surface area contributed by atoms with Gasteiger partial charge in [0.1, 0.15) is 21.5 Å². The van der Waals surface area contributed by atoms with Crippen LogP contribution in [0, 0.1) is 5.82 Å². The second-order valence-corrected chi connectivity index (χ2v) is 9.70. The molecular weight excluding hydrogens is 417 g/mol. The number of halogens is 2. The van der Waals surface area contributed by atoms with Crippen LogP contribution in [0.2, 0.25) is 5.02 Å². The third kappa shape index (κ3) is 3.53. The van der Waals surface area contributed by atoms with Crippen LogP contribution in [0.25, 0.3) is 0 Å². The monoisotopic (exact) mass is 433 g/mol. The van der Waals surface area contributed by atoms with Gasteiger partial charge in [0.05, 0.1) is 9.57 Å². The van der Waals surface area contributed by atoms with Crippen molar-refractivity contribution in [1.82, 2.24) is 0 Å². The Morgan fingerprint density at radius 3 is 2.38 bits per heavy atom. The summed E-state index contributed by atoms with van der Waals surface area (Å²) in [5.41, 5.74) is 4.75. The van der Waals surface area contributed by atoms with Gasteiger partial charge >= 0.3 is 10.1 Å². The van der Waals surface area contributed by atoms with Gasteiger partial charge in [0.25, 0.3) is 0 Å². The molecule has 148 valence electrons. The minimum Gasteiger partial charge on any atom is -0.467 e. The van der Waals surface area contributed by atoms with Gasteiger partial charge < -0.3 is 14.7 Å². The summed E-state index contributed by atoms with van der Waals surface area (Å²) in [5, 5.41) is -0.217. The summed E-state index contributed by atoms with van der Waals surface area (Å²) < 4.78 is 48.5. The highest BCUT2D eigenvalue weighted by atomic mass is 35.5. The van der Waals surface area contributed by atoms with E-state index in [1.165, 1.54) is 35.7 Å². The summed E-state index contributed by atoms with van der Waals surface area (Å²) in [6.07, 6.45) is 0. The second kappa shape index (κ2) is 7.14. The summed E-state index contributed by atoms with van der Waals surface area (Å²) in [6.45, 7) is 0. The van der Waals surface area contributed by atoms with Crippen LogP contribution in [-0.2, 0) is 33.9 Å². The van der Waals surface area contributed by atoms with Gasteiger partial charge in [-0.2, -0.15) is 8.42 Å². The van der Waals surface area contributed by atoms with Crippen molar-refractivity contribution in [2.24, 2.45) is 5.73 Å². The van der Waals surface area contributed by atoms with Crippen molar-refractivity contribution >= 4 is 51.0 Å². The van der Waals surface area contributed by atoms with Crippen LogP contribution in [0.15, 0.2) is 60.2 Å². The molecule has 1 aliphatic rings. The van der Waals surface area contributed by atoms with Gasteiger partial charge in [-0.25, -0.2) is 4.39 Å². The second-order valence-electron chi connectivity index (χ2n) is 7.20. The van der Waals surface area contributed by atoms with E-state index in [0.29, 0.717) is 5.56 Å². The minimum atomic E-state index is -4.33. The largest absolute Gasteiger partial charge is 0.467 e. The van der Waals surface area contributed by atoms with Crippen LogP contribution in [0.4, 0.5) is 4.39 Å². The lowest BCUT2D eigenvalue weighted by molar-refractivity contribution is -0.126. The van der Waals surface area contributed by atoms with Crippen LogP contribution in [0.3, 0.4) is 0 Å². The maximum Gasteiger partial charge on any atom is 0.304 e. The van der Waals surface area contributed by atoms with Crippen LogP contribution in [-0.4, -0.2) is 37.7 Å². The van der Waals surface area contributed by atoms with E-state index >= 15 is 0 Å². The van der Waals surface area contributed by atoms with Crippen molar-refractivity contribution in [3.8, 4) is 0 Å². The molecule has 0 saturated heterocycles. The van der Waals surface area contributed by atoms with Crippen molar-refractivity contribution in [3.05, 3.63) is 82.1 Å². The molecule has 1 unspecified atom stereocenters. The van der Waals surface area contributed by atoms with Gasteiger partial charge in [-0.1, -0.05) is 48.0 Å². The highest BCUT2D eigenvalue weighted by Crippen LogP contribution is 2.38. The zero-order valence-electron chi connectivity index (χ0n) is 15.9. The lowest BCUT2D eigenvalue weighted by Gasteiger charge is -2.26. The fraction of sp³-hybridized carbons (Fsp3) is 0.118. The Bertz CT molecular complexity index is 1130. The number of carbonyl (C=O) groups excluding carboxylic acids is 1. The third-order valence-electron chi connectivity index (χ3n) is 4.93. The quantitative estimate of drug-likeness (QED) is 0.501. The topological polar surface area (TPSA) is 95.7 Å². The van der Waals surface area contributed by atoms with Gasteiger partial charge in [-0.3, -0.25) is 4.79 Å². The number of carbonyl (C=O) groups is 1. The van der Waals surface area contributed by atoms with E-state index in [0.717, 1.165) is 6.07 Å². The molecule has 2 aromatic rings. The number of ketones is 1. The van der Waals surface area contributed by atoms with Crippen molar-refractivity contribution in [3.63, 3.8) is 0 Å². The lowest BCUT2D eigenvalue weighted by atomic mass is 9.65. The number of hydrogen-bond donors (Lipinski definition) is 1. The number of hydrogen-bond acceptors (Lipinski definition) is 6. The summed E-state index contributed by atoms with van der Waals surface area (Å²) in [6, 6.07) is 12.0. The van der Waals surface area contributed by atoms with Crippen molar-refractivity contribution in [1.29, 1.82) is 0 Å². The average molecular weight is 433 g/mol. The molecule has 0 radical (unpaired) electrons. The summed E-state index contributed by atoms with van der Waals surface area (Å²) >= 11 is 5.80. The van der Waals surface area contributed by atoms with E-state index in [2.05, 4.69) is 0 Å². The van der Waals surface area contributed by atoms with E-state index in [1.54, 1.807) is 30.3 Å². The highest BCUT2D eigenvalue weighted by Gasteiger charge is 2.51. The summed E-state index contributed by atoms with van der Waals surface area (Å²) in [4.78, 5) is 13.0. The Morgan fingerprint density at radius 1 is 1.17 bits per heavy atom. The smallest absolute Gasteiger partial charge is 0.304 e. The Morgan fingerprint density at radius 2 is 1.79 bits per heavy atom. The van der Waals surface area contributed by atoms with Gasteiger partial charge in [0.2, 0.25) is 17.4 Å². The fourth-order valence-corrected chi connectivity index (χ4v) is 4.09. The van der Waals surface area contributed by atoms with Crippen molar-refractivity contribution < 1.29 is 26.5 Å². The lowest BCUT2D eigenvalue weighted by Crippen LogP contribution is -2.40. The highest BCUT2D eigenvalue weighted by molar-refractivity contribution is 7.90. The molecule has 3 rings (SSSR count). The Hall–Kier alpha value is -2.39. The van der Waals surface area contributed by atoms with Crippen LogP contribution in [0.1, 0.15) is 11.1 Å². The maximum atomic E-state index is 13.5. The normalized spacial score (nSPS) is 19.9. The molecule has 6 nitrogen and oxygen atoms in total. The first-order valence-electron chi connectivity index (χ1n) is 8.59. The van der Waals surface area contributed by atoms with E-state index in [1.807, 2.05) is 0 Å². The average Bonchev–Trinajstić information content (AvgIpc) is 2.88. The first-order chi connectivity index (χ1) is 13.4. The molecule has 0 aliphatic carbocycles. The minimum absolute atomic E-state index is 0.204. The standard InChI is InChI=1S/C17H16B3ClFNO5S/c18-16(10-6-7-12(22)11(21)8-10)14(24)13(15(23)27-16)28-29(25,26)17(19,20)9-4-2-1-3-5-9/h1-8H,18-20,23H2. The molecular formula is C17H16B3ClFNO5S. The molecule has 12 heteroatoms. The molecule has 2 aromatic carbocycles. The summed E-state index contributed by atoms with van der Waals surface area (Å²) in [7, 11) is -0.0580. The maximum absolute atomic E-state index is 13.5. The van der Waals surface area contributed by atoms with Gasteiger partial charge in [0.15, 0.2) is 13.3 Å². The molecule has 0 bridgehead atoms. The van der Waals surface area contributed by atoms with E-state index in [9.17, 15) is 17.6 Å². The number of benzene rings is 2. The predicted molar refractivity (Wildman–Crippen MR) is 114 cm³/mol. The predicted octanol–water partition coefficient (Wildman–Crippen LogP) is -0.585. The van der Waals surface area contributed by atoms with Crippen molar-refractivity contribution in [2.75, 3.05) is 0 Å². The molecule has 0 saturated carbocycles. The fourth-order valence-electron chi connectivity index (χ4n) is 2.90. The zero-order valence-corrected chi connectivity index (χ0v) is 17.5. The molecule has 1 heterocycles. The van der Waals surface area contributed by atoms with Gasteiger partial charge in [-0.15, -0.1) is 0 Å². The Labute approximate surface area is 175 Å². The number of nitrogens with two attached hydrogens (primary N) is 1. The van der Waals surface area contributed by atoms with Crippen LogP contribution < -0.4 is 5.73 Å². The molecule has 2 N–H and O–H groups in total. The Balaban J connectivity index is 1.95. The number of rotatable bonds is 5. The van der Waals surface area contributed by atoms with Crippen LogP contribution >= 0.6 is 11.6 Å². The first-order valence-corrected chi connectivity index (χ1v) is 10.4. The molecule has 0 spiro atoms. The molecule has 29 heavy (non-hydrogen) atoms. The molecule has 0 aromatic heterocycles. The molecule has 0 fully saturated rings. The first kappa shape index (κ1) is 21.3. The molecule has 0 amide bonds. The van der Waals surface area contributed by atoms with Gasteiger partial charge in [0, 0.05) is 0 Å². The molecule has 1 atom stereocenters. The number of Topliss-reactive ketones (excluding diaryl/α,β-unsaturated/α-hetero) is 1. The van der Waals surface area contributed by atoms with E-state index in [-0.39, 0.29) is 10.6 Å². The van der Waals surface area contributed by atoms with Crippen LogP contribution in [0.5, 0.6) is 0 Å². The molecule has 1 aliphatic heterocycles. The number of ether oxygens (including phenoxy) is 1. The third-order valence-corrected chi connectivity index (χ3v) is 7.10. The van der Waals surface area contributed by atoms with E-state index in [4.69, 9.17) is 26.3 Å². The van der Waals surface area contributed by atoms with Crippen molar-refractivity contribution in [2.45, 2.75) is 10.0 Å². The van der Waals surface area contributed by atoms with E-state index < -0.39 is 43.4 Å². The van der Waals surface area contributed by atoms with Gasteiger partial charge in [-0.05, 0) is 23.3 Å².